The molecule has 0 N–H and O–H groups in total. The Morgan fingerprint density at radius 3 is 2.54 bits per heavy atom. The maximum atomic E-state index is 11.3. The normalized spacial score (nSPS) is 27.7. The molecule has 0 radical (unpaired) electrons. The lowest BCUT2D eigenvalue weighted by Gasteiger charge is -2.20. The summed E-state index contributed by atoms with van der Waals surface area (Å²) in [5, 5.41) is 0. The largest absolute Gasteiger partial charge is 0.466 e. The van der Waals surface area contributed by atoms with Crippen LogP contribution >= 0.6 is 0 Å². The highest BCUT2D eigenvalue weighted by atomic mass is 16.5. The molecule has 0 bridgehead atoms. The first kappa shape index (κ1) is 10.0. The van der Waals surface area contributed by atoms with Gasteiger partial charge in [-0.3, -0.25) is 4.79 Å². The van der Waals surface area contributed by atoms with Gasteiger partial charge < -0.3 is 9.58 Å². The van der Waals surface area contributed by atoms with E-state index in [2.05, 4.69) is 4.85 Å². The molecule has 1 aliphatic rings. The second kappa shape index (κ2) is 4.86. The van der Waals surface area contributed by atoms with E-state index >= 15 is 0 Å². The third kappa shape index (κ3) is 2.73. The van der Waals surface area contributed by atoms with Gasteiger partial charge in [-0.15, -0.1) is 0 Å². The molecular formula is C10H15NO2. The molecule has 13 heavy (non-hydrogen) atoms. The lowest BCUT2D eigenvalue weighted by Crippen LogP contribution is -2.24. The van der Waals surface area contributed by atoms with Crippen molar-refractivity contribution in [1.82, 2.24) is 0 Å². The fourth-order valence-electron chi connectivity index (χ4n) is 1.70. The van der Waals surface area contributed by atoms with Gasteiger partial charge in [0, 0.05) is 12.8 Å². The molecule has 0 atom stereocenters. The lowest BCUT2D eigenvalue weighted by atomic mass is 9.86. The molecule has 0 aliphatic heterocycles. The SMILES string of the molecule is [C-]#[N+]C1CCC(C(=O)OCC)CC1. The van der Waals surface area contributed by atoms with Crippen LogP contribution in [0.2, 0.25) is 0 Å². The molecule has 1 fully saturated rings. The molecule has 1 rings (SSSR count). The molecule has 3 heteroatoms. The summed E-state index contributed by atoms with van der Waals surface area (Å²) in [6.45, 7) is 9.14. The average Bonchev–Trinajstić information content (AvgIpc) is 2.18. The van der Waals surface area contributed by atoms with Crippen LogP contribution in [0, 0.1) is 12.5 Å². The molecule has 0 aromatic carbocycles. The van der Waals surface area contributed by atoms with Crippen molar-refractivity contribution in [2.45, 2.75) is 38.6 Å². The number of hydrogen-bond acceptors (Lipinski definition) is 2. The van der Waals surface area contributed by atoms with Gasteiger partial charge in [-0.2, -0.15) is 0 Å². The van der Waals surface area contributed by atoms with Crippen molar-refractivity contribution in [3.8, 4) is 0 Å². The highest BCUT2D eigenvalue weighted by molar-refractivity contribution is 5.72. The van der Waals surface area contributed by atoms with Crippen molar-refractivity contribution < 1.29 is 9.53 Å². The maximum absolute atomic E-state index is 11.3. The van der Waals surface area contributed by atoms with Gasteiger partial charge in [0.1, 0.15) is 0 Å². The van der Waals surface area contributed by atoms with Crippen LogP contribution in [-0.4, -0.2) is 18.6 Å². The van der Waals surface area contributed by atoms with Gasteiger partial charge in [0.25, 0.3) is 0 Å². The van der Waals surface area contributed by atoms with Gasteiger partial charge in [-0.1, -0.05) is 0 Å². The summed E-state index contributed by atoms with van der Waals surface area (Å²) in [6.07, 6.45) is 3.36. The van der Waals surface area contributed by atoms with E-state index in [1.807, 2.05) is 6.92 Å². The predicted octanol–water partition coefficient (Wildman–Crippen LogP) is 2.03. The van der Waals surface area contributed by atoms with Crippen molar-refractivity contribution in [2.24, 2.45) is 5.92 Å². The second-order valence-electron chi connectivity index (χ2n) is 3.39. The monoisotopic (exact) mass is 181 g/mol. The van der Waals surface area contributed by atoms with Gasteiger partial charge >= 0.3 is 5.97 Å². The van der Waals surface area contributed by atoms with Crippen molar-refractivity contribution in [2.75, 3.05) is 6.61 Å². The molecule has 1 saturated carbocycles. The van der Waals surface area contributed by atoms with Crippen molar-refractivity contribution in [1.29, 1.82) is 0 Å². The summed E-state index contributed by atoms with van der Waals surface area (Å²) in [4.78, 5) is 14.8. The minimum Gasteiger partial charge on any atom is -0.466 e. The van der Waals surface area contributed by atoms with Gasteiger partial charge in [-0.25, -0.2) is 6.57 Å². The van der Waals surface area contributed by atoms with Crippen LogP contribution in [0.5, 0.6) is 0 Å². The molecular weight excluding hydrogens is 166 g/mol. The maximum Gasteiger partial charge on any atom is 0.308 e. The zero-order valence-electron chi connectivity index (χ0n) is 7.95. The van der Waals surface area contributed by atoms with Crippen LogP contribution in [0.3, 0.4) is 0 Å². The molecule has 0 aromatic rings. The molecule has 3 nitrogen and oxygen atoms in total. The number of nitrogens with zero attached hydrogens (tertiary/aromatic N) is 1. The van der Waals surface area contributed by atoms with Crippen molar-refractivity contribution in [3.63, 3.8) is 0 Å². The molecule has 72 valence electrons. The molecule has 0 amide bonds. The van der Waals surface area contributed by atoms with E-state index in [1.54, 1.807) is 0 Å². The Morgan fingerprint density at radius 2 is 2.08 bits per heavy atom. The Kier molecular flexibility index (Phi) is 3.75. The number of esters is 1. The lowest BCUT2D eigenvalue weighted by molar-refractivity contribution is -0.149. The van der Waals surface area contributed by atoms with Gasteiger partial charge in [0.2, 0.25) is 6.04 Å². The Bertz CT molecular complexity index is 211. The van der Waals surface area contributed by atoms with Crippen LogP contribution in [0.15, 0.2) is 0 Å². The van der Waals surface area contributed by atoms with E-state index in [4.69, 9.17) is 11.3 Å². The van der Waals surface area contributed by atoms with Crippen LogP contribution in [-0.2, 0) is 9.53 Å². The predicted molar refractivity (Wildman–Crippen MR) is 49.0 cm³/mol. The molecule has 1 aliphatic carbocycles. The Morgan fingerprint density at radius 1 is 1.46 bits per heavy atom. The summed E-state index contributed by atoms with van der Waals surface area (Å²) >= 11 is 0. The fraction of sp³-hybridized carbons (Fsp3) is 0.800. The molecule has 0 heterocycles. The summed E-state index contributed by atoms with van der Waals surface area (Å²) in [5.41, 5.74) is 0. The molecule has 0 unspecified atom stereocenters. The summed E-state index contributed by atoms with van der Waals surface area (Å²) in [7, 11) is 0. The average molecular weight is 181 g/mol. The zero-order valence-corrected chi connectivity index (χ0v) is 7.95. The van der Waals surface area contributed by atoms with E-state index in [9.17, 15) is 4.79 Å². The van der Waals surface area contributed by atoms with Crippen molar-refractivity contribution >= 4 is 5.97 Å². The second-order valence-corrected chi connectivity index (χ2v) is 3.39. The smallest absolute Gasteiger partial charge is 0.308 e. The zero-order chi connectivity index (χ0) is 9.68. The van der Waals surface area contributed by atoms with E-state index in [1.165, 1.54) is 0 Å². The first-order chi connectivity index (χ1) is 6.27. The van der Waals surface area contributed by atoms with Crippen LogP contribution in [0.1, 0.15) is 32.6 Å². The van der Waals surface area contributed by atoms with Crippen LogP contribution in [0.4, 0.5) is 0 Å². The standard InChI is InChI=1S/C10H15NO2/c1-3-13-10(12)8-4-6-9(11-2)7-5-8/h8-9H,3-7H2,1H3. The fourth-order valence-corrected chi connectivity index (χ4v) is 1.70. The highest BCUT2D eigenvalue weighted by Gasteiger charge is 2.29. The minimum atomic E-state index is -0.0778. The number of ether oxygens (including phenoxy) is 1. The molecule has 0 aromatic heterocycles. The van der Waals surface area contributed by atoms with Gasteiger partial charge in [-0.05, 0) is 19.8 Å². The highest BCUT2D eigenvalue weighted by Crippen LogP contribution is 2.26. The van der Waals surface area contributed by atoms with E-state index < -0.39 is 0 Å². The summed E-state index contributed by atoms with van der Waals surface area (Å²) in [6, 6.07) is 0.144. The van der Waals surface area contributed by atoms with Crippen LogP contribution < -0.4 is 0 Å². The number of carbonyl (C=O) groups is 1. The molecule has 0 saturated heterocycles. The summed E-state index contributed by atoms with van der Waals surface area (Å²) in [5.74, 6) is -0.0242. The molecule has 0 spiro atoms. The summed E-state index contributed by atoms with van der Waals surface area (Å²) < 4.78 is 4.93. The Hall–Kier alpha value is -1.04. The van der Waals surface area contributed by atoms with Gasteiger partial charge in [0.05, 0.1) is 12.5 Å². The number of hydrogen-bond donors (Lipinski definition) is 0. The van der Waals surface area contributed by atoms with Crippen molar-refractivity contribution in [3.05, 3.63) is 11.4 Å². The van der Waals surface area contributed by atoms with E-state index in [0.717, 1.165) is 25.7 Å². The first-order valence-corrected chi connectivity index (χ1v) is 4.81. The minimum absolute atomic E-state index is 0.0537. The Balaban J connectivity index is 2.33. The third-order valence-corrected chi connectivity index (χ3v) is 2.50. The number of rotatable bonds is 2. The third-order valence-electron chi connectivity index (χ3n) is 2.50. The number of carbonyl (C=O) groups excluding carboxylic acids is 1. The van der Waals surface area contributed by atoms with E-state index in [-0.39, 0.29) is 17.9 Å². The quantitative estimate of drug-likeness (QED) is 0.482. The van der Waals surface area contributed by atoms with Crippen LogP contribution in [0.25, 0.3) is 4.85 Å². The Labute approximate surface area is 78.9 Å². The first-order valence-electron chi connectivity index (χ1n) is 4.81. The topological polar surface area (TPSA) is 30.7 Å². The van der Waals surface area contributed by atoms with E-state index in [0.29, 0.717) is 6.61 Å². The van der Waals surface area contributed by atoms with Gasteiger partial charge in [0.15, 0.2) is 0 Å².